The predicted molar refractivity (Wildman–Crippen MR) is 152 cm³/mol. The van der Waals surface area contributed by atoms with E-state index in [2.05, 4.69) is 30.7 Å². The number of carbonyl (C=O) groups excluding carboxylic acids is 1. The van der Waals surface area contributed by atoms with Crippen molar-refractivity contribution < 1.29 is 23.0 Å². The first kappa shape index (κ1) is 30.8. The fourth-order valence-electron chi connectivity index (χ4n) is 5.97. The SMILES string of the molecule is CB(O)N1CCC(CC(=O)N2CCN(C(c3ccc(Cl)cc3)c3ccc(C(F)(F)F)nc3)C[C@@H]2C(C)(C)C)CC1. The standard InChI is InChI=1S/C29H39BClF3N4O2/c1-28(2,3)25-19-36(15-16-38(25)26(39)17-20-11-13-37(14-12-20)30(4)40)27(21-5-8-23(31)9-6-21)22-7-10-24(35-18-22)29(32,33)34/h5-10,18,20,25,27,40H,11-17,19H2,1-4H3/t25-,27?/m1/s1. The lowest BCUT2D eigenvalue weighted by Crippen LogP contribution is -2.60. The maximum atomic E-state index is 13.6. The molecular formula is C29H39BClF3N4O2. The van der Waals surface area contributed by atoms with E-state index in [9.17, 15) is 23.0 Å². The van der Waals surface area contributed by atoms with Crippen molar-refractivity contribution in [1.82, 2.24) is 19.6 Å². The molecule has 2 aliphatic rings. The molecule has 2 atom stereocenters. The van der Waals surface area contributed by atoms with Gasteiger partial charge in [-0.15, -0.1) is 0 Å². The minimum atomic E-state index is -4.51. The van der Waals surface area contributed by atoms with Crippen LogP contribution in [0.5, 0.6) is 0 Å². The van der Waals surface area contributed by atoms with Gasteiger partial charge in [0, 0.05) is 43.3 Å². The summed E-state index contributed by atoms with van der Waals surface area (Å²) in [5, 5.41) is 10.4. The van der Waals surface area contributed by atoms with Crippen LogP contribution in [0.2, 0.25) is 11.8 Å². The van der Waals surface area contributed by atoms with Gasteiger partial charge >= 0.3 is 13.2 Å². The van der Waals surface area contributed by atoms with Crippen molar-refractivity contribution in [1.29, 1.82) is 0 Å². The zero-order valence-corrected chi connectivity index (χ0v) is 24.4. The van der Waals surface area contributed by atoms with Crippen molar-refractivity contribution in [3.8, 4) is 0 Å². The molecule has 1 amide bonds. The van der Waals surface area contributed by atoms with E-state index in [-0.39, 0.29) is 23.4 Å². The van der Waals surface area contributed by atoms with Crippen LogP contribution in [-0.4, -0.2) is 76.3 Å². The molecule has 0 saturated carbocycles. The normalized spacial score (nSPS) is 20.9. The number of carbonyl (C=O) groups is 1. The Kier molecular flexibility index (Phi) is 9.54. The van der Waals surface area contributed by atoms with Gasteiger partial charge in [-0.25, -0.2) is 0 Å². The number of halogens is 4. The van der Waals surface area contributed by atoms with Crippen LogP contribution in [0.25, 0.3) is 0 Å². The zero-order chi connectivity index (χ0) is 29.2. The Morgan fingerprint density at radius 2 is 1.68 bits per heavy atom. The van der Waals surface area contributed by atoms with Crippen molar-refractivity contribution in [3.63, 3.8) is 0 Å². The van der Waals surface area contributed by atoms with Gasteiger partial charge < -0.3 is 14.7 Å². The number of piperidine rings is 1. The van der Waals surface area contributed by atoms with E-state index in [0.717, 1.165) is 37.6 Å². The number of aromatic nitrogens is 1. The van der Waals surface area contributed by atoms with Crippen LogP contribution in [0.1, 0.15) is 62.9 Å². The van der Waals surface area contributed by atoms with E-state index in [1.165, 1.54) is 12.3 Å². The summed E-state index contributed by atoms with van der Waals surface area (Å²) in [6, 6.07) is 9.47. The number of rotatable bonds is 6. The van der Waals surface area contributed by atoms with E-state index >= 15 is 0 Å². The van der Waals surface area contributed by atoms with Crippen LogP contribution in [0.4, 0.5) is 13.2 Å². The fraction of sp³-hybridized carbons (Fsp3) is 0.586. The molecule has 0 bridgehead atoms. The molecule has 40 heavy (non-hydrogen) atoms. The Bertz CT molecular complexity index is 1130. The molecule has 1 aromatic carbocycles. The molecule has 4 rings (SSSR count). The minimum absolute atomic E-state index is 0.0801. The summed E-state index contributed by atoms with van der Waals surface area (Å²) in [5.41, 5.74) is 0.428. The highest BCUT2D eigenvalue weighted by molar-refractivity contribution is 6.45. The third kappa shape index (κ3) is 7.38. The first-order chi connectivity index (χ1) is 18.7. The molecule has 11 heteroatoms. The number of hydrogen-bond acceptors (Lipinski definition) is 5. The van der Waals surface area contributed by atoms with E-state index in [4.69, 9.17) is 11.6 Å². The summed E-state index contributed by atoms with van der Waals surface area (Å²) in [6.45, 7) is 11.4. The molecule has 6 nitrogen and oxygen atoms in total. The van der Waals surface area contributed by atoms with Crippen molar-refractivity contribution in [2.75, 3.05) is 32.7 Å². The molecular weight excluding hydrogens is 540 g/mol. The first-order valence-corrected chi connectivity index (χ1v) is 14.4. The van der Waals surface area contributed by atoms with Crippen molar-refractivity contribution in [2.24, 2.45) is 11.3 Å². The average molecular weight is 579 g/mol. The van der Waals surface area contributed by atoms with Gasteiger partial charge in [-0.05, 0) is 73.4 Å². The van der Waals surface area contributed by atoms with Gasteiger partial charge in [-0.2, -0.15) is 13.2 Å². The third-order valence-electron chi connectivity index (χ3n) is 8.32. The summed E-state index contributed by atoms with van der Waals surface area (Å²) >= 11 is 6.15. The largest absolute Gasteiger partial charge is 0.437 e. The molecule has 1 aromatic heterocycles. The molecule has 218 valence electrons. The lowest BCUT2D eigenvalue weighted by atomic mass is 9.80. The Morgan fingerprint density at radius 3 is 2.20 bits per heavy atom. The highest BCUT2D eigenvalue weighted by atomic mass is 35.5. The number of nitrogens with zero attached hydrogens (tertiary/aromatic N) is 4. The number of benzene rings is 1. The molecule has 0 radical (unpaired) electrons. The van der Waals surface area contributed by atoms with Crippen molar-refractivity contribution in [2.45, 2.75) is 65.1 Å². The third-order valence-corrected chi connectivity index (χ3v) is 8.57. The van der Waals surface area contributed by atoms with Gasteiger partial charge in [0.15, 0.2) is 0 Å². The van der Waals surface area contributed by atoms with E-state index in [1.54, 1.807) is 19.0 Å². The molecule has 1 N–H and O–H groups in total. The summed E-state index contributed by atoms with van der Waals surface area (Å²) in [6.07, 6.45) is -0.938. The van der Waals surface area contributed by atoms with Gasteiger partial charge in [-0.1, -0.05) is 50.6 Å². The number of piperazine rings is 1. The molecule has 2 aromatic rings. The van der Waals surface area contributed by atoms with Gasteiger partial charge in [0.25, 0.3) is 0 Å². The highest BCUT2D eigenvalue weighted by Gasteiger charge is 2.41. The van der Waals surface area contributed by atoms with Crippen LogP contribution in [0.15, 0.2) is 42.6 Å². The van der Waals surface area contributed by atoms with Gasteiger partial charge in [0.2, 0.25) is 5.91 Å². The lowest BCUT2D eigenvalue weighted by molar-refractivity contribution is -0.141. The Balaban J connectivity index is 1.56. The molecule has 0 spiro atoms. The summed E-state index contributed by atoms with van der Waals surface area (Å²) in [5.74, 6) is 0.440. The Morgan fingerprint density at radius 1 is 1.05 bits per heavy atom. The average Bonchev–Trinajstić information content (AvgIpc) is 2.89. The Labute approximate surface area is 240 Å². The van der Waals surface area contributed by atoms with Gasteiger partial charge in [0.05, 0.1) is 6.04 Å². The van der Waals surface area contributed by atoms with Crippen molar-refractivity contribution >= 4 is 24.6 Å². The van der Waals surface area contributed by atoms with Crippen LogP contribution in [0.3, 0.4) is 0 Å². The predicted octanol–water partition coefficient (Wildman–Crippen LogP) is 5.61. The van der Waals surface area contributed by atoms with Gasteiger partial charge in [0.1, 0.15) is 5.69 Å². The molecule has 2 aliphatic heterocycles. The Hall–Kier alpha value is -2.14. The fourth-order valence-corrected chi connectivity index (χ4v) is 6.09. The molecule has 2 fully saturated rings. The summed E-state index contributed by atoms with van der Waals surface area (Å²) in [4.78, 5) is 23.7. The molecule has 3 heterocycles. The molecule has 0 aliphatic carbocycles. The summed E-state index contributed by atoms with van der Waals surface area (Å²) in [7, 11) is -0.469. The van der Waals surface area contributed by atoms with E-state index in [1.807, 2.05) is 21.8 Å². The second-order valence-electron chi connectivity index (χ2n) is 12.2. The monoisotopic (exact) mass is 578 g/mol. The van der Waals surface area contributed by atoms with Crippen molar-refractivity contribution in [3.05, 3.63) is 64.4 Å². The smallest absolute Gasteiger partial charge is 0.433 e. The highest BCUT2D eigenvalue weighted by Crippen LogP contribution is 2.37. The number of hydrogen-bond donors (Lipinski definition) is 1. The quantitative estimate of drug-likeness (QED) is 0.451. The first-order valence-electron chi connectivity index (χ1n) is 14.0. The second-order valence-corrected chi connectivity index (χ2v) is 12.6. The lowest BCUT2D eigenvalue weighted by Gasteiger charge is -2.49. The molecule has 1 unspecified atom stereocenters. The van der Waals surface area contributed by atoms with Crippen LogP contribution in [0, 0.1) is 11.3 Å². The van der Waals surface area contributed by atoms with E-state index in [0.29, 0.717) is 42.6 Å². The zero-order valence-electron chi connectivity index (χ0n) is 23.7. The minimum Gasteiger partial charge on any atom is -0.437 e. The van der Waals surface area contributed by atoms with Crippen LogP contribution < -0.4 is 0 Å². The van der Waals surface area contributed by atoms with Gasteiger partial charge in [-0.3, -0.25) is 14.7 Å². The number of pyridine rings is 1. The second kappa shape index (κ2) is 12.4. The van der Waals surface area contributed by atoms with Crippen LogP contribution in [-0.2, 0) is 11.0 Å². The summed E-state index contributed by atoms with van der Waals surface area (Å²) < 4.78 is 39.7. The van der Waals surface area contributed by atoms with E-state index < -0.39 is 18.9 Å². The maximum Gasteiger partial charge on any atom is 0.433 e. The molecule has 2 saturated heterocycles. The maximum absolute atomic E-state index is 13.6. The topological polar surface area (TPSA) is 59.9 Å². The number of alkyl halides is 3. The van der Waals surface area contributed by atoms with Crippen LogP contribution >= 0.6 is 11.6 Å². The number of amides is 1.